The Hall–Kier alpha value is -1.80. The number of sulfonamides is 1. The molecule has 1 saturated heterocycles. The molecule has 0 aromatic heterocycles. The normalized spacial score (nSPS) is 26.9. The van der Waals surface area contributed by atoms with Crippen molar-refractivity contribution in [3.05, 3.63) is 18.2 Å². The molecule has 2 bridgehead atoms. The van der Waals surface area contributed by atoms with Crippen molar-refractivity contribution in [2.24, 2.45) is 5.92 Å². The zero-order chi connectivity index (χ0) is 19.0. The zero-order valence-electron chi connectivity index (χ0n) is 15.4. The summed E-state index contributed by atoms with van der Waals surface area (Å²) < 4.78 is 44.5. The number of carbonyl (C=O) groups excluding carboxylic acids is 1. The molecule has 2 aliphatic heterocycles. The molecule has 1 aliphatic carbocycles. The van der Waals surface area contributed by atoms with E-state index in [1.807, 2.05) is 6.92 Å². The molecule has 8 heteroatoms. The molecule has 0 spiro atoms. The van der Waals surface area contributed by atoms with Crippen molar-refractivity contribution < 1.29 is 27.4 Å². The maximum atomic E-state index is 13.4. The van der Waals surface area contributed by atoms with Gasteiger partial charge >= 0.3 is 5.97 Å². The second-order valence-electron chi connectivity index (χ2n) is 7.33. The molecule has 3 aliphatic rings. The Morgan fingerprint density at radius 3 is 2.78 bits per heavy atom. The average molecular weight is 395 g/mol. The Balaban J connectivity index is 1.62. The van der Waals surface area contributed by atoms with Crippen LogP contribution in [0.15, 0.2) is 23.1 Å². The number of carbonyl (C=O) groups is 1. The lowest BCUT2D eigenvalue weighted by molar-refractivity contribution is -0.149. The van der Waals surface area contributed by atoms with E-state index < -0.39 is 22.0 Å². The van der Waals surface area contributed by atoms with Crippen molar-refractivity contribution in [1.29, 1.82) is 0 Å². The van der Waals surface area contributed by atoms with Crippen LogP contribution in [-0.4, -0.2) is 50.6 Å². The van der Waals surface area contributed by atoms with Crippen LogP contribution >= 0.6 is 0 Å². The highest BCUT2D eigenvalue weighted by molar-refractivity contribution is 7.89. The van der Waals surface area contributed by atoms with Gasteiger partial charge in [0.2, 0.25) is 10.0 Å². The van der Waals surface area contributed by atoms with E-state index >= 15 is 0 Å². The number of rotatable bonds is 6. The summed E-state index contributed by atoms with van der Waals surface area (Å²) in [7, 11) is -3.83. The van der Waals surface area contributed by atoms with E-state index in [0.29, 0.717) is 31.3 Å². The first-order chi connectivity index (χ1) is 13.0. The molecule has 7 nitrogen and oxygen atoms in total. The summed E-state index contributed by atoms with van der Waals surface area (Å²) >= 11 is 0. The lowest BCUT2D eigenvalue weighted by Crippen LogP contribution is -2.49. The van der Waals surface area contributed by atoms with Crippen LogP contribution in [0.3, 0.4) is 0 Å². The van der Waals surface area contributed by atoms with E-state index in [9.17, 15) is 13.2 Å². The van der Waals surface area contributed by atoms with Crippen LogP contribution in [0.5, 0.6) is 11.5 Å². The summed E-state index contributed by atoms with van der Waals surface area (Å²) in [4.78, 5) is 12.8. The van der Waals surface area contributed by atoms with E-state index in [1.54, 1.807) is 6.07 Å². The van der Waals surface area contributed by atoms with Gasteiger partial charge in [-0.2, -0.15) is 4.31 Å². The molecule has 1 saturated carbocycles. The summed E-state index contributed by atoms with van der Waals surface area (Å²) in [5.74, 6) is 0.584. The van der Waals surface area contributed by atoms with E-state index in [1.165, 1.54) is 16.4 Å². The van der Waals surface area contributed by atoms with Crippen molar-refractivity contribution in [3.63, 3.8) is 0 Å². The van der Waals surface area contributed by atoms with Crippen LogP contribution in [-0.2, 0) is 19.6 Å². The molecule has 2 fully saturated rings. The van der Waals surface area contributed by atoms with Crippen molar-refractivity contribution in [1.82, 2.24) is 4.31 Å². The third-order valence-corrected chi connectivity index (χ3v) is 7.53. The number of nitrogens with zero attached hydrogens (tertiary/aromatic N) is 1. The first-order valence-electron chi connectivity index (χ1n) is 9.62. The third-order valence-electron chi connectivity index (χ3n) is 5.60. The molecule has 148 valence electrons. The van der Waals surface area contributed by atoms with Gasteiger partial charge in [0.15, 0.2) is 11.5 Å². The van der Waals surface area contributed by atoms with Gasteiger partial charge in [-0.15, -0.1) is 0 Å². The van der Waals surface area contributed by atoms with Crippen molar-refractivity contribution in [3.8, 4) is 11.5 Å². The fourth-order valence-electron chi connectivity index (χ4n) is 4.29. The highest BCUT2D eigenvalue weighted by atomic mass is 32.2. The number of benzene rings is 1. The van der Waals surface area contributed by atoms with Crippen LogP contribution in [0.2, 0.25) is 0 Å². The fourth-order valence-corrected chi connectivity index (χ4v) is 6.18. The number of unbranched alkanes of at least 4 members (excludes halogenated alkanes) is 1. The van der Waals surface area contributed by atoms with E-state index in [-0.39, 0.29) is 16.9 Å². The monoisotopic (exact) mass is 395 g/mol. The van der Waals surface area contributed by atoms with Crippen LogP contribution < -0.4 is 9.47 Å². The largest absolute Gasteiger partial charge is 0.486 e. The van der Waals surface area contributed by atoms with Gasteiger partial charge in [-0.25, -0.2) is 8.42 Å². The maximum Gasteiger partial charge on any atom is 0.324 e. The predicted molar refractivity (Wildman–Crippen MR) is 97.2 cm³/mol. The number of hydrogen-bond donors (Lipinski definition) is 0. The standard InChI is InChI=1S/C19H25NO6S/c1-2-3-8-26-19(21)18-13-4-5-14(11-13)20(18)27(22,23)15-6-7-16-17(12-15)25-10-9-24-16/h6-7,12-14,18H,2-5,8-11H2,1H3/t13-,14-,18+/m0/s1. The summed E-state index contributed by atoms with van der Waals surface area (Å²) in [6.45, 7) is 3.18. The summed E-state index contributed by atoms with van der Waals surface area (Å²) in [5.41, 5.74) is 0. The number of ether oxygens (including phenoxy) is 3. The molecule has 4 rings (SSSR count). The van der Waals surface area contributed by atoms with Gasteiger partial charge in [-0.1, -0.05) is 13.3 Å². The molecule has 0 unspecified atom stereocenters. The third kappa shape index (κ3) is 3.29. The Morgan fingerprint density at radius 1 is 1.22 bits per heavy atom. The van der Waals surface area contributed by atoms with Crippen LogP contribution in [0.1, 0.15) is 39.0 Å². The number of piperidine rings is 1. The minimum absolute atomic E-state index is 0.0381. The SMILES string of the molecule is CCCCOC(=O)[C@H]1[C@H]2CC[C@@H](C2)N1S(=O)(=O)c1ccc2c(c1)OCCO2. The Labute approximate surface area is 159 Å². The molecule has 0 N–H and O–H groups in total. The Bertz CT molecular complexity index is 823. The van der Waals surface area contributed by atoms with E-state index in [0.717, 1.165) is 32.1 Å². The quantitative estimate of drug-likeness (QED) is 0.543. The summed E-state index contributed by atoms with van der Waals surface area (Å²) in [6.07, 6.45) is 4.07. The lowest BCUT2D eigenvalue weighted by atomic mass is 10.0. The molecule has 27 heavy (non-hydrogen) atoms. The van der Waals surface area contributed by atoms with Crippen LogP contribution in [0.4, 0.5) is 0 Å². The number of esters is 1. The second kappa shape index (κ2) is 7.31. The van der Waals surface area contributed by atoms with E-state index in [4.69, 9.17) is 14.2 Å². The number of hydrogen-bond acceptors (Lipinski definition) is 6. The Morgan fingerprint density at radius 2 is 2.00 bits per heavy atom. The second-order valence-corrected chi connectivity index (χ2v) is 9.18. The molecular formula is C19H25NO6S. The fraction of sp³-hybridized carbons (Fsp3) is 0.632. The molecule has 2 heterocycles. The molecule has 0 amide bonds. The van der Waals surface area contributed by atoms with Gasteiger partial charge in [0.05, 0.1) is 11.5 Å². The van der Waals surface area contributed by atoms with Gasteiger partial charge in [-0.05, 0) is 43.7 Å². The van der Waals surface area contributed by atoms with Crippen LogP contribution in [0.25, 0.3) is 0 Å². The van der Waals surface area contributed by atoms with Gasteiger partial charge in [0.25, 0.3) is 0 Å². The molecular weight excluding hydrogens is 370 g/mol. The summed E-state index contributed by atoms with van der Waals surface area (Å²) in [5, 5.41) is 0. The van der Waals surface area contributed by atoms with Gasteiger partial charge in [-0.3, -0.25) is 4.79 Å². The van der Waals surface area contributed by atoms with Crippen molar-refractivity contribution in [2.75, 3.05) is 19.8 Å². The van der Waals surface area contributed by atoms with Gasteiger partial charge in [0.1, 0.15) is 19.3 Å². The summed E-state index contributed by atoms with van der Waals surface area (Å²) in [6, 6.07) is 3.77. The van der Waals surface area contributed by atoms with Crippen LogP contribution in [0, 0.1) is 5.92 Å². The number of fused-ring (bicyclic) bond motifs is 3. The molecule has 3 atom stereocenters. The molecule has 1 aromatic carbocycles. The topological polar surface area (TPSA) is 82.1 Å². The zero-order valence-corrected chi connectivity index (χ0v) is 16.2. The first kappa shape index (κ1) is 18.6. The lowest BCUT2D eigenvalue weighted by Gasteiger charge is -2.33. The first-order valence-corrected chi connectivity index (χ1v) is 11.1. The van der Waals surface area contributed by atoms with Gasteiger partial charge in [0, 0.05) is 12.1 Å². The molecule has 0 radical (unpaired) electrons. The Kier molecular flexibility index (Phi) is 5.03. The highest BCUT2D eigenvalue weighted by Gasteiger charge is 2.55. The van der Waals surface area contributed by atoms with Crippen molar-refractivity contribution >= 4 is 16.0 Å². The molecule has 1 aromatic rings. The smallest absolute Gasteiger partial charge is 0.324 e. The van der Waals surface area contributed by atoms with Crippen molar-refractivity contribution in [2.45, 2.75) is 56.0 Å². The van der Waals surface area contributed by atoms with Gasteiger partial charge < -0.3 is 14.2 Å². The minimum Gasteiger partial charge on any atom is -0.486 e. The average Bonchev–Trinajstić information content (AvgIpc) is 3.29. The maximum absolute atomic E-state index is 13.4. The van der Waals surface area contributed by atoms with E-state index in [2.05, 4.69) is 0 Å². The predicted octanol–water partition coefficient (Wildman–Crippen LogP) is 2.34. The minimum atomic E-state index is -3.83. The highest BCUT2D eigenvalue weighted by Crippen LogP contribution is 2.46.